The Morgan fingerprint density at radius 2 is 2.06 bits per heavy atom. The number of aromatic nitrogens is 6. The Bertz CT molecular complexity index is 1440. The maximum atomic E-state index is 13.1. The Kier molecular flexibility index (Phi) is 5.68. The molecule has 9 nitrogen and oxygen atoms in total. The fraction of sp³-hybridized carbons (Fsp3) is 0.440. The van der Waals surface area contributed by atoms with Crippen LogP contribution in [-0.4, -0.2) is 78.8 Å². The number of alkyl halides is 2. The van der Waals surface area contributed by atoms with Gasteiger partial charge in [0.1, 0.15) is 11.3 Å². The average molecular weight is 495 g/mol. The summed E-state index contributed by atoms with van der Waals surface area (Å²) < 4.78 is 34.8. The first-order chi connectivity index (χ1) is 17.4. The molecule has 0 bridgehead atoms. The minimum atomic E-state index is -2.49. The van der Waals surface area contributed by atoms with Gasteiger partial charge in [0.15, 0.2) is 5.65 Å². The predicted molar refractivity (Wildman–Crippen MR) is 132 cm³/mol. The lowest BCUT2D eigenvalue weighted by Crippen LogP contribution is -2.48. The molecule has 2 aliphatic heterocycles. The van der Waals surface area contributed by atoms with E-state index in [2.05, 4.69) is 43.8 Å². The molecule has 6 heterocycles. The van der Waals surface area contributed by atoms with E-state index in [4.69, 9.17) is 4.74 Å². The Hall–Kier alpha value is -3.44. The van der Waals surface area contributed by atoms with Crippen molar-refractivity contribution in [3.8, 4) is 11.3 Å². The van der Waals surface area contributed by atoms with Crippen molar-refractivity contribution in [3.63, 3.8) is 0 Å². The molecule has 4 aromatic rings. The number of aryl methyl sites for hydroxylation is 1. The topological polar surface area (TPSA) is 85.4 Å². The summed E-state index contributed by atoms with van der Waals surface area (Å²) in [6, 6.07) is 6.20. The van der Waals surface area contributed by atoms with Gasteiger partial charge < -0.3 is 14.6 Å². The molecule has 0 saturated carbocycles. The van der Waals surface area contributed by atoms with Gasteiger partial charge in [0.05, 0.1) is 43.2 Å². The van der Waals surface area contributed by atoms with Crippen molar-refractivity contribution in [1.29, 1.82) is 0 Å². The van der Waals surface area contributed by atoms with E-state index in [9.17, 15) is 8.78 Å². The first-order valence-corrected chi connectivity index (χ1v) is 12.1. The lowest BCUT2D eigenvalue weighted by molar-refractivity contribution is -0.0578. The zero-order chi connectivity index (χ0) is 25.0. The summed E-state index contributed by atoms with van der Waals surface area (Å²) >= 11 is 0. The highest BCUT2D eigenvalue weighted by Crippen LogP contribution is 2.30. The second-order valence-corrected chi connectivity index (χ2v) is 9.69. The molecule has 2 aliphatic rings. The molecule has 1 N–H and O–H groups in total. The highest BCUT2D eigenvalue weighted by atomic mass is 19.3. The third-order valence-electron chi connectivity index (χ3n) is 7.23. The Morgan fingerprint density at radius 3 is 2.78 bits per heavy atom. The number of fused-ring (bicyclic) bond motifs is 2. The van der Waals surface area contributed by atoms with Crippen molar-refractivity contribution < 1.29 is 13.5 Å². The normalized spacial score (nSPS) is 21.0. The lowest BCUT2D eigenvalue weighted by Gasteiger charge is -2.34. The molecular formula is C25H28F2N8O. The van der Waals surface area contributed by atoms with E-state index in [1.54, 1.807) is 17.6 Å². The number of imidazole rings is 1. The number of pyridine rings is 1. The fourth-order valence-corrected chi connectivity index (χ4v) is 5.18. The van der Waals surface area contributed by atoms with E-state index in [0.29, 0.717) is 40.6 Å². The summed E-state index contributed by atoms with van der Waals surface area (Å²) in [5.41, 5.74) is 4.43. The summed E-state index contributed by atoms with van der Waals surface area (Å²) in [6.07, 6.45) is 1.13. The number of halogens is 2. The summed E-state index contributed by atoms with van der Waals surface area (Å²) in [5, 5.41) is 8.20. The van der Waals surface area contributed by atoms with Crippen molar-refractivity contribution in [1.82, 2.24) is 34.0 Å². The van der Waals surface area contributed by atoms with Crippen molar-refractivity contribution in [2.75, 3.05) is 31.6 Å². The fourth-order valence-electron chi connectivity index (χ4n) is 5.18. The summed E-state index contributed by atoms with van der Waals surface area (Å²) in [4.78, 5) is 16.1. The quantitative estimate of drug-likeness (QED) is 0.394. The van der Waals surface area contributed by atoms with Gasteiger partial charge in [-0.2, -0.15) is 0 Å². The molecule has 2 atom stereocenters. The van der Waals surface area contributed by atoms with Crippen LogP contribution in [0.3, 0.4) is 0 Å². The number of hydrogen-bond acceptors (Lipinski definition) is 7. The van der Waals surface area contributed by atoms with Crippen molar-refractivity contribution >= 4 is 22.6 Å². The highest BCUT2D eigenvalue weighted by molar-refractivity contribution is 5.82. The number of ether oxygens (including phenoxy) is 1. The molecule has 36 heavy (non-hydrogen) atoms. The van der Waals surface area contributed by atoms with Gasteiger partial charge in [-0.3, -0.25) is 4.90 Å². The molecular weight excluding hydrogens is 466 g/mol. The first kappa shape index (κ1) is 23.0. The third kappa shape index (κ3) is 4.01. The van der Waals surface area contributed by atoms with Gasteiger partial charge in [-0.05, 0) is 32.0 Å². The molecule has 0 aliphatic carbocycles. The minimum Gasteiger partial charge on any atom is -0.378 e. The van der Waals surface area contributed by atoms with E-state index in [0.717, 1.165) is 43.0 Å². The molecule has 188 valence electrons. The smallest absolute Gasteiger partial charge is 0.256 e. The van der Waals surface area contributed by atoms with Crippen molar-refractivity contribution in [2.24, 2.45) is 5.92 Å². The summed E-state index contributed by atoms with van der Waals surface area (Å²) in [6.45, 7) is 10.9. The number of nitrogens with one attached hydrogen (secondary N) is 1. The molecule has 0 unspecified atom stereocenters. The van der Waals surface area contributed by atoms with Crippen LogP contribution in [0.15, 0.2) is 42.7 Å². The highest BCUT2D eigenvalue weighted by Gasteiger charge is 2.39. The molecule has 2 saturated heterocycles. The van der Waals surface area contributed by atoms with Crippen LogP contribution in [0.4, 0.5) is 14.7 Å². The van der Waals surface area contributed by atoms with Gasteiger partial charge in [0.2, 0.25) is 5.95 Å². The molecule has 4 aromatic heterocycles. The van der Waals surface area contributed by atoms with Crippen LogP contribution in [0, 0.1) is 12.8 Å². The van der Waals surface area contributed by atoms with Crippen LogP contribution in [-0.2, 0) is 11.3 Å². The number of hydrogen-bond donors (Lipinski definition) is 1. The van der Waals surface area contributed by atoms with Gasteiger partial charge in [0.25, 0.3) is 6.43 Å². The molecule has 0 spiro atoms. The molecule has 6 rings (SSSR count). The van der Waals surface area contributed by atoms with Crippen molar-refractivity contribution in [3.05, 3.63) is 48.6 Å². The molecule has 0 aromatic carbocycles. The van der Waals surface area contributed by atoms with Crippen LogP contribution in [0.5, 0.6) is 0 Å². The molecule has 0 radical (unpaired) electrons. The molecule has 0 amide bonds. The number of nitrogens with zero attached hydrogens (tertiary/aromatic N) is 7. The van der Waals surface area contributed by atoms with Crippen LogP contribution >= 0.6 is 0 Å². The van der Waals surface area contributed by atoms with Crippen LogP contribution in [0.2, 0.25) is 0 Å². The maximum Gasteiger partial charge on any atom is 0.256 e. The SMILES string of the molecule is C=C(C)[C@@H]1CN(C2COC2)C[C@@H]1Nc1ncc2c(-c3ccc4nc(C)n(CC(F)F)c4n3)ccn2n1. The van der Waals surface area contributed by atoms with Gasteiger partial charge in [0, 0.05) is 36.8 Å². The first-order valence-electron chi connectivity index (χ1n) is 12.1. The van der Waals surface area contributed by atoms with Crippen molar-refractivity contribution in [2.45, 2.75) is 38.9 Å². The average Bonchev–Trinajstić information content (AvgIpc) is 3.48. The zero-order valence-corrected chi connectivity index (χ0v) is 20.2. The van der Waals surface area contributed by atoms with E-state index < -0.39 is 13.0 Å². The third-order valence-corrected chi connectivity index (χ3v) is 7.23. The predicted octanol–water partition coefficient (Wildman–Crippen LogP) is 3.40. The largest absolute Gasteiger partial charge is 0.378 e. The van der Waals surface area contributed by atoms with Gasteiger partial charge >= 0.3 is 0 Å². The van der Waals surface area contributed by atoms with Gasteiger partial charge in [-0.15, -0.1) is 5.10 Å². The monoisotopic (exact) mass is 494 g/mol. The van der Waals surface area contributed by atoms with Gasteiger partial charge in [-0.25, -0.2) is 28.2 Å². The maximum absolute atomic E-state index is 13.1. The van der Waals surface area contributed by atoms with Crippen LogP contribution < -0.4 is 5.32 Å². The molecule has 2 fully saturated rings. The Morgan fingerprint density at radius 1 is 1.22 bits per heavy atom. The second-order valence-electron chi connectivity index (χ2n) is 9.69. The molecule has 11 heteroatoms. The lowest BCUT2D eigenvalue weighted by atomic mass is 9.97. The van der Waals surface area contributed by atoms with E-state index >= 15 is 0 Å². The zero-order valence-electron chi connectivity index (χ0n) is 20.2. The second kappa shape index (κ2) is 8.90. The van der Waals surface area contributed by atoms with Crippen LogP contribution in [0.25, 0.3) is 27.9 Å². The Balaban J connectivity index is 1.27. The standard InChI is InChI=1S/C25H28F2N8O/c1-14(2)18-9-33(16-12-36-13-16)10-21(18)31-25-28-8-22-17(6-7-35(22)32-25)19-4-5-20-24(30-19)34(11-23(26)27)15(3)29-20/h4-8,16,18,21,23H,1,9-13H2,2-3H3,(H,31,32)/t18-,21-/m0/s1. The van der Waals surface area contributed by atoms with E-state index in [1.165, 1.54) is 4.57 Å². The number of rotatable bonds is 7. The summed E-state index contributed by atoms with van der Waals surface area (Å²) in [5.74, 6) is 1.36. The van der Waals surface area contributed by atoms with E-state index in [-0.39, 0.29) is 6.04 Å². The van der Waals surface area contributed by atoms with Gasteiger partial charge in [-0.1, -0.05) is 12.2 Å². The number of likely N-dealkylation sites (tertiary alicyclic amines) is 1. The summed E-state index contributed by atoms with van der Waals surface area (Å²) in [7, 11) is 0. The number of anilines is 1. The minimum absolute atomic E-state index is 0.165. The Labute approximate surface area is 206 Å². The van der Waals surface area contributed by atoms with E-state index in [1.807, 2.05) is 24.4 Å². The van der Waals surface area contributed by atoms with Crippen LogP contribution in [0.1, 0.15) is 12.7 Å².